The first-order valence-electron chi connectivity index (χ1n) is 14.3. The van der Waals surface area contributed by atoms with E-state index in [1.54, 1.807) is 0 Å². The first-order chi connectivity index (χ1) is 24.2. The van der Waals surface area contributed by atoms with Crippen LogP contribution >= 0.6 is 23.5 Å². The zero-order valence-electron chi connectivity index (χ0n) is 30.9. The number of nitrogens with one attached hydrogen (secondary N) is 2. The van der Waals surface area contributed by atoms with E-state index in [-0.39, 0.29) is 130 Å². The van der Waals surface area contributed by atoms with Gasteiger partial charge in [0.1, 0.15) is 54.6 Å². The SMILES string of the molecule is N=C(N)NCCCC(N)C(=O)O.Nc1ccn([C@@H]2O[C@H](COP(=O)([O-])OP(=O)([O-])OP(=O)([O-])[O-])[C@@H](O)[C@H]2O)c(=O)n1.OCC(O)C(O)C(O)C(O)CO.[Na+].[Na+].[Na+].[Na+]. The number of hydrogen-bond donors (Lipinski definition) is 14. The van der Waals surface area contributed by atoms with Crippen molar-refractivity contribution in [2.24, 2.45) is 11.5 Å². The number of nitrogen functional groups attached to an aromatic ring is 1. The molecule has 310 valence electrons. The second-order valence-electron chi connectivity index (χ2n) is 10.3. The number of aliphatic hydroxyl groups is 8. The summed E-state index contributed by atoms with van der Waals surface area (Å²) in [4.78, 5) is 68.4. The van der Waals surface area contributed by atoms with Crippen molar-refractivity contribution in [3.63, 3.8) is 0 Å². The smallest absolute Gasteiger partial charge is 0.790 e. The van der Waals surface area contributed by atoms with Gasteiger partial charge in [0, 0.05) is 12.7 Å². The average molecular weight is 927 g/mol. The molecule has 0 bridgehead atoms. The summed E-state index contributed by atoms with van der Waals surface area (Å²) < 4.78 is 49.1. The summed E-state index contributed by atoms with van der Waals surface area (Å²) in [6.07, 6.45) is -11.1. The number of aliphatic carboxylic acids is 1. The van der Waals surface area contributed by atoms with E-state index in [0.717, 1.165) is 10.8 Å². The van der Waals surface area contributed by atoms with Gasteiger partial charge in [0.15, 0.2) is 12.2 Å². The Morgan fingerprint density at radius 2 is 1.46 bits per heavy atom. The molecule has 2 rings (SSSR count). The molecular formula is C21H40N7Na4O22P3. The average Bonchev–Trinajstić information content (AvgIpc) is 3.31. The maximum Gasteiger partial charge on any atom is 1.00 e. The first kappa shape index (κ1) is 67.5. The van der Waals surface area contributed by atoms with Crippen molar-refractivity contribution in [1.29, 1.82) is 5.41 Å². The number of phosphoric ester groups is 1. The molecule has 2 heterocycles. The number of rotatable bonds is 18. The van der Waals surface area contributed by atoms with Gasteiger partial charge in [-0.3, -0.25) is 28.2 Å². The van der Waals surface area contributed by atoms with Crippen molar-refractivity contribution in [2.45, 2.75) is 67.8 Å². The van der Waals surface area contributed by atoms with E-state index in [2.05, 4.69) is 23.4 Å². The molecule has 0 spiro atoms. The molecule has 0 aromatic carbocycles. The van der Waals surface area contributed by atoms with Crippen LogP contribution in [0.4, 0.5) is 5.82 Å². The van der Waals surface area contributed by atoms with Gasteiger partial charge in [-0.15, -0.1) is 0 Å². The molecule has 1 aromatic heterocycles. The first-order valence-corrected chi connectivity index (χ1v) is 18.6. The Labute approximate surface area is 411 Å². The Bertz CT molecular complexity index is 1510. The van der Waals surface area contributed by atoms with Gasteiger partial charge in [-0.1, -0.05) is 0 Å². The van der Waals surface area contributed by atoms with Gasteiger partial charge in [-0.2, -0.15) is 4.98 Å². The summed E-state index contributed by atoms with van der Waals surface area (Å²) in [5, 5.41) is 89.8. The number of phosphoric acid groups is 3. The number of anilines is 1. The number of hydrogen-bond acceptors (Lipinski definition) is 25. The number of nitrogens with two attached hydrogens (primary N) is 3. The minimum atomic E-state index is -6.15. The molecule has 17 N–H and O–H groups in total. The summed E-state index contributed by atoms with van der Waals surface area (Å²) in [5.74, 6) is -1.26. The van der Waals surface area contributed by atoms with Gasteiger partial charge in [0.2, 0.25) is 0 Å². The minimum absolute atomic E-state index is 0. The number of carboxylic acid groups (broad SMARTS) is 1. The van der Waals surface area contributed by atoms with Crippen LogP contribution in [-0.4, -0.2) is 143 Å². The van der Waals surface area contributed by atoms with E-state index in [1.165, 1.54) is 6.07 Å². The fourth-order valence-corrected chi connectivity index (χ4v) is 6.37. The number of aromatic nitrogens is 2. The van der Waals surface area contributed by atoms with Crippen LogP contribution in [0.3, 0.4) is 0 Å². The molecule has 36 heteroatoms. The van der Waals surface area contributed by atoms with E-state index >= 15 is 0 Å². The molecule has 29 nitrogen and oxygen atoms in total. The Balaban J connectivity index is -0.000000270. The molecule has 0 radical (unpaired) electrons. The van der Waals surface area contributed by atoms with Crippen LogP contribution in [0, 0.1) is 5.41 Å². The zero-order valence-corrected chi connectivity index (χ0v) is 41.6. The second kappa shape index (κ2) is 32.1. The van der Waals surface area contributed by atoms with Crippen molar-refractivity contribution >= 4 is 41.2 Å². The number of guanidine groups is 1. The van der Waals surface area contributed by atoms with Crippen molar-refractivity contribution in [3.8, 4) is 0 Å². The number of carboxylic acids is 1. The summed E-state index contributed by atoms with van der Waals surface area (Å²) >= 11 is 0. The predicted molar refractivity (Wildman–Crippen MR) is 163 cm³/mol. The third kappa shape index (κ3) is 28.0. The van der Waals surface area contributed by atoms with Crippen molar-refractivity contribution in [1.82, 2.24) is 14.9 Å². The second-order valence-corrected chi connectivity index (χ2v) is 14.5. The van der Waals surface area contributed by atoms with Gasteiger partial charge in [0.25, 0.3) is 15.6 Å². The molecule has 1 fully saturated rings. The fraction of sp³-hybridized carbons (Fsp3) is 0.714. The molecule has 0 amide bonds. The molecular weight excluding hydrogens is 887 g/mol. The monoisotopic (exact) mass is 927 g/mol. The van der Waals surface area contributed by atoms with E-state index in [4.69, 9.17) is 63.1 Å². The normalized spacial score (nSPS) is 22.0. The molecule has 1 aliphatic heterocycles. The summed E-state index contributed by atoms with van der Waals surface area (Å²) in [5.41, 5.74) is 14.6. The Morgan fingerprint density at radius 1 is 0.965 bits per heavy atom. The van der Waals surface area contributed by atoms with Gasteiger partial charge < -0.3 is 102 Å². The maximum absolute atomic E-state index is 11.8. The third-order valence-corrected chi connectivity index (χ3v) is 9.76. The summed E-state index contributed by atoms with van der Waals surface area (Å²) in [7, 11) is -18.1. The largest absolute Gasteiger partial charge is 1.00 e. The van der Waals surface area contributed by atoms with Gasteiger partial charge >= 0.3 is 130 Å². The number of nitrogens with zero attached hydrogens (tertiary/aromatic N) is 2. The topological polar surface area (TPSA) is 528 Å². The van der Waals surface area contributed by atoms with Crippen LogP contribution in [0.15, 0.2) is 17.1 Å². The van der Waals surface area contributed by atoms with Gasteiger partial charge in [0.05, 0.1) is 27.6 Å². The number of carbonyl (C=O) groups is 1. The molecule has 57 heavy (non-hydrogen) atoms. The van der Waals surface area contributed by atoms with Gasteiger partial charge in [-0.25, -0.2) is 9.11 Å². The fourth-order valence-electron chi connectivity index (χ4n) is 3.50. The van der Waals surface area contributed by atoms with Gasteiger partial charge in [-0.05, 0) is 18.9 Å². The van der Waals surface area contributed by atoms with Crippen LogP contribution in [0.25, 0.3) is 0 Å². The molecule has 0 saturated carbocycles. The quantitative estimate of drug-likeness (QED) is 0.0214. The summed E-state index contributed by atoms with van der Waals surface area (Å²) in [6, 6.07) is 0.350. The molecule has 11 atom stereocenters. The third-order valence-electron chi connectivity index (χ3n) is 6.10. The van der Waals surface area contributed by atoms with Crippen molar-refractivity contribution in [2.75, 3.05) is 32.1 Å². The Morgan fingerprint density at radius 3 is 1.86 bits per heavy atom. The number of ether oxygens (including phenoxy) is 1. The maximum atomic E-state index is 11.8. The summed E-state index contributed by atoms with van der Waals surface area (Å²) in [6.45, 7) is -2.11. The van der Waals surface area contributed by atoms with E-state index < -0.39 is 110 Å². The Hall–Kier alpha value is 1.43. The minimum Gasteiger partial charge on any atom is -0.790 e. The number of aliphatic hydroxyl groups excluding tert-OH is 8. The van der Waals surface area contributed by atoms with Crippen molar-refractivity contribution in [3.05, 3.63) is 22.7 Å². The molecule has 1 saturated heterocycles. The molecule has 1 aromatic rings. The van der Waals surface area contributed by atoms with Crippen LogP contribution in [0.5, 0.6) is 0 Å². The Kier molecular flexibility index (Phi) is 38.1. The molecule has 1 aliphatic rings. The van der Waals surface area contributed by atoms with Crippen LogP contribution in [-0.2, 0) is 36.4 Å². The predicted octanol–water partition coefficient (Wildman–Crippen LogP) is -21.6. The molecule has 7 unspecified atom stereocenters. The van der Waals surface area contributed by atoms with E-state index in [9.17, 15) is 53.1 Å². The van der Waals surface area contributed by atoms with Crippen LogP contribution in [0.2, 0.25) is 0 Å². The van der Waals surface area contributed by atoms with E-state index in [0.29, 0.717) is 19.4 Å². The van der Waals surface area contributed by atoms with Crippen LogP contribution in [0.1, 0.15) is 19.1 Å². The zero-order chi connectivity index (χ0) is 41.5. The van der Waals surface area contributed by atoms with Crippen LogP contribution < -0.4 is 166 Å². The van der Waals surface area contributed by atoms with Crippen molar-refractivity contribution < 1.29 is 220 Å². The molecule has 0 aliphatic carbocycles. The standard InChI is InChI=1S/C9H16N3O14P3.C6H14N4O2.C6H14O6.4Na/c10-5-1-2-12(9(15)11-5)8-7(14)6(13)4(24-8)3-23-28(19,20)26-29(21,22)25-27(16,17)18;7-4(5(11)12)2-1-3-10-6(8)9;7-1-3(9)5(11)6(12)4(10)2-8;;;;/h1-2,4,6-8,13-14H,3H2,(H,19,20)(H,21,22)(H2,10,11,15)(H2,16,17,18);4H,1-3,7H2,(H,11,12)(H4,8,9,10);3-12H,1-2H2;;;;/q;;;4*+1/p-4/t4-,6-,7-,8-;;;;;;/m1....../s1. The van der Waals surface area contributed by atoms with E-state index in [1.807, 2.05) is 0 Å².